The van der Waals surface area contributed by atoms with Crippen molar-refractivity contribution in [3.05, 3.63) is 35.2 Å². The number of aromatic carboxylic acids is 1. The average Bonchev–Trinajstić information content (AvgIpc) is 2.18. The van der Waals surface area contributed by atoms with E-state index in [1.165, 1.54) is 0 Å². The number of carboxylic acids is 1. The fourth-order valence-electron chi connectivity index (χ4n) is 1.18. The molecule has 0 saturated carbocycles. The van der Waals surface area contributed by atoms with E-state index in [1.54, 1.807) is 12.3 Å². The van der Waals surface area contributed by atoms with Crippen LogP contribution in [-0.4, -0.2) is 21.8 Å². The zero-order valence-corrected chi connectivity index (χ0v) is 9.37. The number of thiol groups is 1. The van der Waals surface area contributed by atoms with Gasteiger partial charge in [0.05, 0.1) is 0 Å². The number of carbonyl (C=O) groups is 1. The molecular formula is C11H13NO2S. The van der Waals surface area contributed by atoms with Crippen molar-refractivity contribution >= 4 is 24.7 Å². The highest BCUT2D eigenvalue weighted by Crippen LogP contribution is 2.11. The lowest BCUT2D eigenvalue weighted by atomic mass is 10.1. The van der Waals surface area contributed by atoms with E-state index in [0.29, 0.717) is 5.56 Å². The molecule has 0 saturated heterocycles. The molecule has 0 aliphatic carbocycles. The van der Waals surface area contributed by atoms with Crippen LogP contribution in [0.25, 0.3) is 6.08 Å². The fourth-order valence-corrected chi connectivity index (χ4v) is 1.33. The maximum absolute atomic E-state index is 10.9. The van der Waals surface area contributed by atoms with Gasteiger partial charge in [-0.2, -0.15) is 12.6 Å². The summed E-state index contributed by atoms with van der Waals surface area (Å²) in [5.74, 6) is -0.251. The van der Waals surface area contributed by atoms with E-state index in [4.69, 9.17) is 5.11 Å². The molecule has 0 aliphatic rings. The minimum atomic E-state index is -1.000. The highest BCUT2D eigenvalue weighted by Gasteiger charge is 2.08. The molecule has 3 nitrogen and oxygen atoms in total. The number of aromatic nitrogens is 1. The summed E-state index contributed by atoms with van der Waals surface area (Å²) in [4.78, 5) is 14.7. The smallest absolute Gasteiger partial charge is 0.355 e. The lowest BCUT2D eigenvalue weighted by Crippen LogP contribution is -2.03. The van der Waals surface area contributed by atoms with Crippen molar-refractivity contribution in [2.45, 2.75) is 13.3 Å². The van der Waals surface area contributed by atoms with E-state index in [0.717, 1.165) is 17.7 Å². The maximum Gasteiger partial charge on any atom is 0.355 e. The fraction of sp³-hybridized carbons (Fsp3) is 0.273. The summed E-state index contributed by atoms with van der Waals surface area (Å²) >= 11 is 4.07. The third-order valence-electron chi connectivity index (χ3n) is 1.85. The summed E-state index contributed by atoms with van der Waals surface area (Å²) in [6.07, 6.45) is 6.05. The second kappa shape index (κ2) is 5.56. The average molecular weight is 223 g/mol. The number of carboxylic acid groups (broad SMARTS) is 1. The van der Waals surface area contributed by atoms with Gasteiger partial charge in [0.1, 0.15) is 0 Å². The van der Waals surface area contributed by atoms with Gasteiger partial charge in [0.15, 0.2) is 5.69 Å². The van der Waals surface area contributed by atoms with Crippen LogP contribution >= 0.6 is 12.6 Å². The Kier molecular flexibility index (Phi) is 4.37. The van der Waals surface area contributed by atoms with Crippen LogP contribution in [0, 0.1) is 6.92 Å². The molecule has 1 heterocycles. The van der Waals surface area contributed by atoms with E-state index >= 15 is 0 Å². The highest BCUT2D eigenvalue weighted by molar-refractivity contribution is 7.80. The van der Waals surface area contributed by atoms with Crippen LogP contribution in [0.3, 0.4) is 0 Å². The molecule has 1 rings (SSSR count). The third-order valence-corrected chi connectivity index (χ3v) is 2.11. The molecule has 0 radical (unpaired) electrons. The van der Waals surface area contributed by atoms with Gasteiger partial charge in [0, 0.05) is 11.8 Å². The van der Waals surface area contributed by atoms with Gasteiger partial charge < -0.3 is 5.11 Å². The normalized spacial score (nSPS) is 10.8. The molecule has 0 unspecified atom stereocenters. The Balaban J connectivity index is 3.02. The number of nitrogens with zero attached hydrogens (tertiary/aromatic N) is 1. The summed E-state index contributed by atoms with van der Waals surface area (Å²) in [6, 6.07) is 1.81. The van der Waals surface area contributed by atoms with Gasteiger partial charge in [0.2, 0.25) is 0 Å². The van der Waals surface area contributed by atoms with Crippen LogP contribution in [0.2, 0.25) is 0 Å². The minimum Gasteiger partial charge on any atom is -0.476 e. The number of hydrogen-bond acceptors (Lipinski definition) is 3. The predicted molar refractivity (Wildman–Crippen MR) is 63.4 cm³/mol. The molecule has 1 N–H and O–H groups in total. The molecule has 0 aromatic carbocycles. The van der Waals surface area contributed by atoms with Crippen molar-refractivity contribution in [1.29, 1.82) is 0 Å². The first kappa shape index (κ1) is 11.8. The first-order valence-corrected chi connectivity index (χ1v) is 5.25. The quantitative estimate of drug-likeness (QED) is 0.771. The second-order valence-electron chi connectivity index (χ2n) is 3.17. The predicted octanol–water partition coefficient (Wildman–Crippen LogP) is 2.42. The minimum absolute atomic E-state index is 0.0935. The molecule has 0 spiro atoms. The van der Waals surface area contributed by atoms with Crippen LogP contribution in [0.5, 0.6) is 0 Å². The Labute approximate surface area is 94.3 Å². The lowest BCUT2D eigenvalue weighted by molar-refractivity contribution is 0.0690. The van der Waals surface area contributed by atoms with Gasteiger partial charge in [-0.1, -0.05) is 12.2 Å². The zero-order valence-electron chi connectivity index (χ0n) is 8.47. The number of hydrogen-bond donors (Lipinski definition) is 2. The summed E-state index contributed by atoms with van der Waals surface area (Å²) in [5.41, 5.74) is 1.69. The largest absolute Gasteiger partial charge is 0.476 e. The SMILES string of the molecule is Cc1cnc(C(=O)O)c(C=CCCS)c1. The Bertz CT molecular complexity index is 388. The van der Waals surface area contributed by atoms with Crippen molar-refractivity contribution in [2.75, 3.05) is 5.75 Å². The lowest BCUT2D eigenvalue weighted by Gasteiger charge is -2.01. The van der Waals surface area contributed by atoms with Crippen molar-refractivity contribution in [3.63, 3.8) is 0 Å². The van der Waals surface area contributed by atoms with Gasteiger partial charge >= 0.3 is 5.97 Å². The zero-order chi connectivity index (χ0) is 11.3. The van der Waals surface area contributed by atoms with Crippen molar-refractivity contribution in [2.24, 2.45) is 0 Å². The molecule has 1 aromatic heterocycles. The van der Waals surface area contributed by atoms with Gasteiger partial charge in [-0.3, -0.25) is 0 Å². The highest BCUT2D eigenvalue weighted by atomic mass is 32.1. The van der Waals surface area contributed by atoms with Crippen LogP contribution in [-0.2, 0) is 0 Å². The molecule has 0 bridgehead atoms. The summed E-state index contributed by atoms with van der Waals surface area (Å²) < 4.78 is 0. The van der Waals surface area contributed by atoms with Gasteiger partial charge in [-0.05, 0) is 30.7 Å². The molecule has 1 aromatic rings. The van der Waals surface area contributed by atoms with Crippen LogP contribution in [0.1, 0.15) is 28.0 Å². The van der Waals surface area contributed by atoms with Crippen LogP contribution in [0.4, 0.5) is 0 Å². The van der Waals surface area contributed by atoms with Gasteiger partial charge in [-0.25, -0.2) is 9.78 Å². The Hall–Kier alpha value is -1.29. The summed E-state index contributed by atoms with van der Waals surface area (Å²) in [5, 5.41) is 8.90. The first-order valence-electron chi connectivity index (χ1n) is 4.62. The molecule has 80 valence electrons. The van der Waals surface area contributed by atoms with E-state index in [9.17, 15) is 4.79 Å². The van der Waals surface area contributed by atoms with Gasteiger partial charge in [0.25, 0.3) is 0 Å². The molecule has 0 aliphatic heterocycles. The standard InChI is InChI=1S/C11H13NO2S/c1-8-6-9(4-2-3-5-15)10(11(13)14)12-7-8/h2,4,6-7,15H,3,5H2,1H3,(H,13,14). The Morgan fingerprint density at radius 3 is 3.00 bits per heavy atom. The topological polar surface area (TPSA) is 50.2 Å². The second-order valence-corrected chi connectivity index (χ2v) is 3.62. The molecule has 0 fully saturated rings. The van der Waals surface area contributed by atoms with Gasteiger partial charge in [-0.15, -0.1) is 0 Å². The van der Waals surface area contributed by atoms with Crippen molar-refractivity contribution in [3.8, 4) is 0 Å². The number of aryl methyl sites for hydroxylation is 1. The Morgan fingerprint density at radius 2 is 2.40 bits per heavy atom. The Morgan fingerprint density at radius 1 is 1.67 bits per heavy atom. The molecular weight excluding hydrogens is 210 g/mol. The monoisotopic (exact) mass is 223 g/mol. The first-order chi connectivity index (χ1) is 7.15. The molecule has 0 amide bonds. The van der Waals surface area contributed by atoms with Crippen LogP contribution < -0.4 is 0 Å². The molecule has 15 heavy (non-hydrogen) atoms. The molecule has 4 heteroatoms. The third kappa shape index (κ3) is 3.40. The van der Waals surface area contributed by atoms with E-state index in [1.807, 2.05) is 19.1 Å². The van der Waals surface area contributed by atoms with E-state index in [-0.39, 0.29) is 5.69 Å². The van der Waals surface area contributed by atoms with Crippen LogP contribution in [0.15, 0.2) is 18.3 Å². The van der Waals surface area contributed by atoms with E-state index < -0.39 is 5.97 Å². The number of allylic oxidation sites excluding steroid dienone is 1. The number of pyridine rings is 1. The number of rotatable bonds is 4. The maximum atomic E-state index is 10.9. The summed E-state index contributed by atoms with van der Waals surface area (Å²) in [6.45, 7) is 1.88. The van der Waals surface area contributed by atoms with E-state index in [2.05, 4.69) is 17.6 Å². The summed E-state index contributed by atoms with van der Waals surface area (Å²) in [7, 11) is 0. The molecule has 0 atom stereocenters. The van der Waals surface area contributed by atoms with Crippen molar-refractivity contribution in [1.82, 2.24) is 4.98 Å². The van der Waals surface area contributed by atoms with Crippen molar-refractivity contribution < 1.29 is 9.90 Å².